The predicted octanol–water partition coefficient (Wildman–Crippen LogP) is 1.93. The molecule has 5 atom stereocenters. The fourth-order valence-corrected chi connectivity index (χ4v) is 5.55. The van der Waals surface area contributed by atoms with Gasteiger partial charge in [0, 0.05) is 6.04 Å². The van der Waals surface area contributed by atoms with Gasteiger partial charge in [-0.25, -0.2) is 13.1 Å². The van der Waals surface area contributed by atoms with E-state index in [2.05, 4.69) is 4.72 Å². The molecule has 96 valence electrons. The highest BCUT2D eigenvalue weighted by Crippen LogP contribution is 2.70. The Labute approximate surface area is 108 Å². The first-order chi connectivity index (χ1) is 8.56. The van der Waals surface area contributed by atoms with Crippen molar-refractivity contribution < 1.29 is 8.42 Å². The molecule has 0 amide bonds. The van der Waals surface area contributed by atoms with Crippen LogP contribution in [0.1, 0.15) is 18.4 Å². The molecule has 0 saturated heterocycles. The second-order valence-corrected chi connectivity index (χ2v) is 7.81. The molecule has 2 unspecified atom stereocenters. The molecule has 1 aromatic rings. The van der Waals surface area contributed by atoms with Crippen LogP contribution in [0.4, 0.5) is 0 Å². The molecule has 4 aliphatic rings. The van der Waals surface area contributed by atoms with E-state index in [9.17, 15) is 8.42 Å². The smallest absolute Gasteiger partial charge is 0.207 e. The Hall–Kier alpha value is -0.870. The third-order valence-corrected chi connectivity index (χ3v) is 6.57. The molecular weight excluding hydrogens is 246 g/mol. The number of nitrogens with one attached hydrogen (secondary N) is 1. The summed E-state index contributed by atoms with van der Waals surface area (Å²) < 4.78 is 27.6. The lowest BCUT2D eigenvalue weighted by Gasteiger charge is -2.17. The van der Waals surface area contributed by atoms with E-state index < -0.39 is 10.0 Å². The van der Waals surface area contributed by atoms with Gasteiger partial charge >= 0.3 is 0 Å². The van der Waals surface area contributed by atoms with Crippen LogP contribution in [0.2, 0.25) is 0 Å². The standard InChI is InChI=1S/C14H17NO2S/c1-8-2-4-10(5-3-8)18(16,17)15-14-9-6-11-12(7-9)13(11)14/h2-5,9,11-15H,6-7H2,1H3/t9?,11-,12+,13?,14-/m1/s1. The van der Waals surface area contributed by atoms with E-state index in [4.69, 9.17) is 0 Å². The highest BCUT2D eigenvalue weighted by molar-refractivity contribution is 7.89. The molecule has 5 rings (SSSR count). The summed E-state index contributed by atoms with van der Waals surface area (Å²) in [5.41, 5.74) is 1.08. The SMILES string of the molecule is Cc1ccc(S(=O)(=O)N[C@@H]2C3C[C@@H]4C2[C@@H]4C3)cc1. The third-order valence-electron chi connectivity index (χ3n) is 5.09. The van der Waals surface area contributed by atoms with Crippen molar-refractivity contribution in [1.29, 1.82) is 0 Å². The van der Waals surface area contributed by atoms with Gasteiger partial charge in [-0.1, -0.05) is 17.7 Å². The lowest BCUT2D eigenvalue weighted by Crippen LogP contribution is -2.37. The van der Waals surface area contributed by atoms with Crippen molar-refractivity contribution in [2.45, 2.75) is 30.7 Å². The van der Waals surface area contributed by atoms with Gasteiger partial charge in [-0.2, -0.15) is 0 Å². The van der Waals surface area contributed by atoms with Crippen LogP contribution in [-0.2, 0) is 10.0 Å². The Morgan fingerprint density at radius 1 is 1.11 bits per heavy atom. The van der Waals surface area contributed by atoms with Gasteiger partial charge in [0.05, 0.1) is 4.90 Å². The van der Waals surface area contributed by atoms with Crippen LogP contribution in [0.5, 0.6) is 0 Å². The van der Waals surface area contributed by atoms with E-state index in [0.29, 0.717) is 16.7 Å². The first-order valence-electron chi connectivity index (χ1n) is 6.65. The topological polar surface area (TPSA) is 46.2 Å². The molecule has 3 nitrogen and oxygen atoms in total. The van der Waals surface area contributed by atoms with Gasteiger partial charge in [0.15, 0.2) is 0 Å². The van der Waals surface area contributed by atoms with Crippen molar-refractivity contribution in [3.05, 3.63) is 29.8 Å². The van der Waals surface area contributed by atoms with Crippen LogP contribution in [0.25, 0.3) is 0 Å². The first-order valence-corrected chi connectivity index (χ1v) is 8.13. The maximum atomic E-state index is 12.3. The number of aryl methyl sites for hydroxylation is 1. The highest BCUT2D eigenvalue weighted by atomic mass is 32.2. The number of hydrogen-bond donors (Lipinski definition) is 1. The molecule has 0 aromatic heterocycles. The van der Waals surface area contributed by atoms with Crippen LogP contribution < -0.4 is 4.72 Å². The van der Waals surface area contributed by atoms with Crippen LogP contribution in [0.3, 0.4) is 0 Å². The molecule has 18 heavy (non-hydrogen) atoms. The van der Waals surface area contributed by atoms with Crippen LogP contribution in [0.15, 0.2) is 29.2 Å². The summed E-state index contributed by atoms with van der Waals surface area (Å²) in [7, 11) is -3.32. The van der Waals surface area contributed by atoms with E-state index in [1.54, 1.807) is 12.1 Å². The average Bonchev–Trinajstić information content (AvgIpc) is 2.69. The summed E-state index contributed by atoms with van der Waals surface area (Å²) in [5.74, 6) is 2.92. The molecular formula is C14H17NO2S. The van der Waals surface area contributed by atoms with Gasteiger partial charge in [-0.15, -0.1) is 0 Å². The molecule has 0 radical (unpaired) electrons. The summed E-state index contributed by atoms with van der Waals surface area (Å²) in [6.45, 7) is 1.96. The van der Waals surface area contributed by atoms with Crippen molar-refractivity contribution in [2.75, 3.05) is 0 Å². The number of hydrogen-bond acceptors (Lipinski definition) is 2. The van der Waals surface area contributed by atoms with Crippen LogP contribution >= 0.6 is 0 Å². The minimum Gasteiger partial charge on any atom is -0.207 e. The quantitative estimate of drug-likeness (QED) is 0.905. The van der Waals surface area contributed by atoms with E-state index in [1.165, 1.54) is 12.8 Å². The normalized spacial score (nSPS) is 40.2. The molecule has 0 aliphatic heterocycles. The van der Waals surface area contributed by atoms with E-state index in [-0.39, 0.29) is 6.04 Å². The second kappa shape index (κ2) is 3.36. The molecule has 0 heterocycles. The second-order valence-electron chi connectivity index (χ2n) is 6.10. The zero-order valence-corrected chi connectivity index (χ0v) is 11.2. The van der Waals surface area contributed by atoms with Crippen LogP contribution in [0, 0.1) is 30.6 Å². The van der Waals surface area contributed by atoms with Gasteiger partial charge < -0.3 is 0 Å². The lowest BCUT2D eigenvalue weighted by molar-refractivity contribution is 0.472. The maximum Gasteiger partial charge on any atom is 0.240 e. The van der Waals surface area contributed by atoms with Crippen molar-refractivity contribution >= 4 is 10.0 Å². The molecule has 0 spiro atoms. The molecule has 1 N–H and O–H groups in total. The Kier molecular flexibility index (Phi) is 2.06. The fraction of sp³-hybridized carbons (Fsp3) is 0.571. The van der Waals surface area contributed by atoms with Crippen molar-refractivity contribution in [1.82, 2.24) is 4.72 Å². The summed E-state index contributed by atoms with van der Waals surface area (Å²) in [6.07, 6.45) is 2.49. The highest BCUT2D eigenvalue weighted by Gasteiger charge is 2.68. The van der Waals surface area contributed by atoms with Crippen molar-refractivity contribution in [2.24, 2.45) is 23.7 Å². The average molecular weight is 263 g/mol. The van der Waals surface area contributed by atoms with E-state index >= 15 is 0 Å². The molecule has 4 heteroatoms. The summed E-state index contributed by atoms with van der Waals surface area (Å²) in [5, 5.41) is 0. The zero-order chi connectivity index (χ0) is 12.5. The molecule has 4 fully saturated rings. The Bertz CT molecular complexity index is 579. The molecule has 1 aromatic carbocycles. The third kappa shape index (κ3) is 1.42. The molecule has 4 saturated carbocycles. The summed E-state index contributed by atoms with van der Waals surface area (Å²) in [4.78, 5) is 0.398. The number of rotatable bonds is 3. The van der Waals surface area contributed by atoms with E-state index in [1.807, 2.05) is 19.1 Å². The largest absolute Gasteiger partial charge is 0.240 e. The van der Waals surface area contributed by atoms with Gasteiger partial charge in [0.25, 0.3) is 0 Å². The molecule has 4 bridgehead atoms. The first kappa shape index (κ1) is 11.0. The minimum atomic E-state index is -3.32. The summed E-state index contributed by atoms with van der Waals surface area (Å²) in [6, 6.07) is 7.31. The van der Waals surface area contributed by atoms with Gasteiger partial charge in [0.1, 0.15) is 0 Å². The fourth-order valence-electron chi connectivity index (χ4n) is 4.21. The van der Waals surface area contributed by atoms with Gasteiger partial charge in [-0.3, -0.25) is 0 Å². The van der Waals surface area contributed by atoms with E-state index in [0.717, 1.165) is 17.4 Å². The minimum absolute atomic E-state index is 0.214. The number of benzene rings is 1. The Balaban J connectivity index is 1.59. The summed E-state index contributed by atoms with van der Waals surface area (Å²) >= 11 is 0. The maximum absolute atomic E-state index is 12.3. The predicted molar refractivity (Wildman–Crippen MR) is 68.5 cm³/mol. The molecule has 4 aliphatic carbocycles. The lowest BCUT2D eigenvalue weighted by atomic mass is 10.1. The van der Waals surface area contributed by atoms with Crippen molar-refractivity contribution in [3.63, 3.8) is 0 Å². The van der Waals surface area contributed by atoms with Crippen molar-refractivity contribution in [3.8, 4) is 0 Å². The Morgan fingerprint density at radius 3 is 2.22 bits per heavy atom. The van der Waals surface area contributed by atoms with Gasteiger partial charge in [0.2, 0.25) is 10.0 Å². The monoisotopic (exact) mass is 263 g/mol. The van der Waals surface area contributed by atoms with Gasteiger partial charge in [-0.05, 0) is 55.6 Å². The zero-order valence-electron chi connectivity index (χ0n) is 10.3. The number of sulfonamides is 1. The Morgan fingerprint density at radius 2 is 1.72 bits per heavy atom. The van der Waals surface area contributed by atoms with Crippen LogP contribution in [-0.4, -0.2) is 14.5 Å².